The van der Waals surface area contributed by atoms with Crippen molar-refractivity contribution in [1.82, 2.24) is 0 Å². The lowest BCUT2D eigenvalue weighted by Crippen LogP contribution is -2.77. The molecule has 0 bridgehead atoms. The molecule has 0 radical (unpaired) electrons. The molecule has 0 saturated carbocycles. The maximum atomic E-state index is 2.23. The number of nitrogens with two attached hydrogens (primary N) is 1. The summed E-state index contributed by atoms with van der Waals surface area (Å²) in [5.41, 5.74) is 0. The van der Waals surface area contributed by atoms with Gasteiger partial charge < -0.3 is 5.32 Å². The Morgan fingerprint density at radius 3 is 2.64 bits per heavy atom. The smallest absolute Gasteiger partial charge is 0.0925 e. The van der Waals surface area contributed by atoms with Crippen LogP contribution in [0.5, 0.6) is 0 Å². The Labute approximate surface area is 70.2 Å². The molecular weight excluding hydrogens is 134 g/mol. The van der Waals surface area contributed by atoms with Crippen LogP contribution >= 0.6 is 0 Å². The molecule has 2 N–H and O–H groups in total. The Morgan fingerprint density at radius 1 is 1.18 bits per heavy atom. The summed E-state index contributed by atoms with van der Waals surface area (Å²) in [4.78, 5) is 0. The zero-order valence-corrected chi connectivity index (χ0v) is 7.72. The highest BCUT2D eigenvalue weighted by molar-refractivity contribution is 4.98. The molecule has 0 aliphatic heterocycles. The van der Waals surface area contributed by atoms with Crippen LogP contribution in [-0.2, 0) is 0 Å². The van der Waals surface area contributed by atoms with E-state index in [4.69, 9.17) is 0 Å². The zero-order chi connectivity index (χ0) is 8.36. The molecule has 0 spiro atoms. The molecule has 0 aromatic rings. The molecule has 0 aromatic heterocycles. The molecule has 11 heavy (non-hydrogen) atoms. The van der Waals surface area contributed by atoms with Gasteiger partial charge in [0, 0.05) is 0 Å². The van der Waals surface area contributed by atoms with Gasteiger partial charge in [-0.3, -0.25) is 0 Å². The summed E-state index contributed by atoms with van der Waals surface area (Å²) >= 11 is 0. The molecule has 0 saturated heterocycles. The molecule has 0 amide bonds. The second-order valence-electron chi connectivity index (χ2n) is 2.60. The molecule has 0 rings (SSSR count). The molecule has 0 aliphatic carbocycles. The van der Waals surface area contributed by atoms with Crippen LogP contribution in [0.4, 0.5) is 0 Å². The average Bonchev–Trinajstić information content (AvgIpc) is 2.03. The summed E-state index contributed by atoms with van der Waals surface area (Å²) in [5, 5.41) is 2.23. The van der Waals surface area contributed by atoms with Crippen molar-refractivity contribution in [2.24, 2.45) is 0 Å². The van der Waals surface area contributed by atoms with E-state index in [9.17, 15) is 0 Å². The Hall–Kier alpha value is -0.560. The quantitative estimate of drug-likeness (QED) is 0.444. The minimum atomic E-state index is 1.12. The van der Waals surface area contributed by atoms with E-state index in [2.05, 4.69) is 43.6 Å². The number of hydrogen-bond donors (Lipinski definition) is 1. The van der Waals surface area contributed by atoms with Crippen molar-refractivity contribution in [3.63, 3.8) is 0 Å². The first kappa shape index (κ1) is 10.4. The van der Waals surface area contributed by atoms with Crippen molar-refractivity contribution >= 4 is 0 Å². The number of hydrogen-bond acceptors (Lipinski definition) is 0. The summed E-state index contributed by atoms with van der Waals surface area (Å²) in [6.45, 7) is 5.58. The molecule has 0 aliphatic rings. The van der Waals surface area contributed by atoms with Gasteiger partial charge in [-0.1, -0.05) is 32.4 Å². The van der Waals surface area contributed by atoms with Crippen molar-refractivity contribution in [3.05, 3.63) is 24.4 Å². The molecular formula is C10H20N+. The van der Waals surface area contributed by atoms with Gasteiger partial charge in [-0.2, -0.15) is 0 Å². The van der Waals surface area contributed by atoms with Gasteiger partial charge in [0.15, 0.2) is 0 Å². The minimum Gasteiger partial charge on any atom is -0.320 e. The normalized spacial score (nSPS) is 11.8. The first-order valence-electron chi connectivity index (χ1n) is 4.56. The number of unbranched alkanes of at least 4 members (excludes halogenated alkanes) is 1. The SMILES string of the molecule is CC/C=C\C=C/[NH2+]CCCC. The van der Waals surface area contributed by atoms with Crippen LogP contribution in [0.3, 0.4) is 0 Å². The summed E-state index contributed by atoms with van der Waals surface area (Å²) in [6, 6.07) is 0. The van der Waals surface area contributed by atoms with Gasteiger partial charge in [0.05, 0.1) is 12.7 Å². The van der Waals surface area contributed by atoms with E-state index < -0.39 is 0 Å². The zero-order valence-electron chi connectivity index (χ0n) is 7.72. The fourth-order valence-corrected chi connectivity index (χ4v) is 0.776. The fraction of sp³-hybridized carbons (Fsp3) is 0.600. The highest BCUT2D eigenvalue weighted by atomic mass is 14.8. The number of rotatable bonds is 6. The highest BCUT2D eigenvalue weighted by Gasteiger charge is 1.80. The molecule has 0 heterocycles. The molecule has 1 nitrogen and oxygen atoms in total. The molecule has 0 aromatic carbocycles. The Balaban J connectivity index is 3.09. The van der Waals surface area contributed by atoms with Crippen molar-refractivity contribution < 1.29 is 5.32 Å². The van der Waals surface area contributed by atoms with Crippen molar-refractivity contribution in [1.29, 1.82) is 0 Å². The third-order valence-corrected chi connectivity index (χ3v) is 1.45. The van der Waals surface area contributed by atoms with Crippen molar-refractivity contribution in [3.8, 4) is 0 Å². The maximum Gasteiger partial charge on any atom is 0.0925 e. The summed E-state index contributed by atoms with van der Waals surface area (Å²) < 4.78 is 0. The van der Waals surface area contributed by atoms with Crippen LogP contribution < -0.4 is 5.32 Å². The highest BCUT2D eigenvalue weighted by Crippen LogP contribution is 1.79. The second-order valence-corrected chi connectivity index (χ2v) is 2.60. The third kappa shape index (κ3) is 9.44. The first-order chi connectivity index (χ1) is 5.41. The van der Waals surface area contributed by atoms with E-state index >= 15 is 0 Å². The lowest BCUT2D eigenvalue weighted by molar-refractivity contribution is -0.588. The van der Waals surface area contributed by atoms with Gasteiger partial charge >= 0.3 is 0 Å². The third-order valence-electron chi connectivity index (χ3n) is 1.45. The molecule has 0 atom stereocenters. The van der Waals surface area contributed by atoms with E-state index in [1.807, 2.05) is 0 Å². The van der Waals surface area contributed by atoms with Crippen LogP contribution in [0.25, 0.3) is 0 Å². The van der Waals surface area contributed by atoms with Crippen LogP contribution in [0.15, 0.2) is 24.4 Å². The van der Waals surface area contributed by atoms with Gasteiger partial charge in [-0.15, -0.1) is 0 Å². The van der Waals surface area contributed by atoms with Crippen molar-refractivity contribution in [2.45, 2.75) is 33.1 Å². The lowest BCUT2D eigenvalue weighted by atomic mass is 10.3. The van der Waals surface area contributed by atoms with Crippen LogP contribution in [0.2, 0.25) is 0 Å². The van der Waals surface area contributed by atoms with Gasteiger partial charge in [0.25, 0.3) is 0 Å². The van der Waals surface area contributed by atoms with E-state index in [0.717, 1.165) is 6.42 Å². The largest absolute Gasteiger partial charge is 0.320 e. The fourth-order valence-electron chi connectivity index (χ4n) is 0.776. The van der Waals surface area contributed by atoms with E-state index in [1.54, 1.807) is 0 Å². The Bertz CT molecular complexity index is 114. The Morgan fingerprint density at radius 2 is 2.00 bits per heavy atom. The second kappa shape index (κ2) is 9.44. The van der Waals surface area contributed by atoms with Gasteiger partial charge in [-0.05, 0) is 18.9 Å². The van der Waals surface area contributed by atoms with Crippen LogP contribution in [-0.4, -0.2) is 6.54 Å². The molecule has 64 valence electrons. The number of allylic oxidation sites excluding steroid dienone is 3. The summed E-state index contributed by atoms with van der Waals surface area (Å²) in [7, 11) is 0. The van der Waals surface area contributed by atoms with E-state index in [-0.39, 0.29) is 0 Å². The Kier molecular flexibility index (Phi) is 8.96. The van der Waals surface area contributed by atoms with Crippen LogP contribution in [0, 0.1) is 0 Å². The maximum absolute atomic E-state index is 2.23. The average molecular weight is 154 g/mol. The van der Waals surface area contributed by atoms with Crippen LogP contribution in [0.1, 0.15) is 33.1 Å². The van der Waals surface area contributed by atoms with Gasteiger partial charge in [0.1, 0.15) is 0 Å². The van der Waals surface area contributed by atoms with Gasteiger partial charge in [0.2, 0.25) is 0 Å². The number of quaternary nitrogens is 1. The first-order valence-corrected chi connectivity index (χ1v) is 4.56. The summed E-state index contributed by atoms with van der Waals surface area (Å²) in [5.74, 6) is 0. The monoisotopic (exact) mass is 154 g/mol. The van der Waals surface area contributed by atoms with E-state index in [0.29, 0.717) is 0 Å². The van der Waals surface area contributed by atoms with Crippen molar-refractivity contribution in [2.75, 3.05) is 6.54 Å². The minimum absolute atomic E-state index is 1.12. The van der Waals surface area contributed by atoms with E-state index in [1.165, 1.54) is 19.4 Å². The predicted octanol–water partition coefficient (Wildman–Crippen LogP) is 1.83. The molecule has 0 unspecified atom stereocenters. The van der Waals surface area contributed by atoms with Gasteiger partial charge in [-0.25, -0.2) is 0 Å². The lowest BCUT2D eigenvalue weighted by Gasteiger charge is -1.89. The predicted molar refractivity (Wildman–Crippen MR) is 50.3 cm³/mol. The molecule has 1 heteroatoms. The topological polar surface area (TPSA) is 16.6 Å². The summed E-state index contributed by atoms with van der Waals surface area (Å²) in [6.07, 6.45) is 12.2. The standard InChI is InChI=1S/C10H19N/c1-3-5-7-8-10-11-9-6-4-2/h5,7-8,10-11H,3-4,6,9H2,1-2H3/p+1/b7-5-,10-8-. The molecule has 0 fully saturated rings.